The first-order valence-electron chi connectivity index (χ1n) is 10.0. The van der Waals surface area contributed by atoms with Crippen molar-refractivity contribution in [3.8, 4) is 17.2 Å². The minimum atomic E-state index is 0. The Labute approximate surface area is 182 Å². The highest BCUT2D eigenvalue weighted by Crippen LogP contribution is 2.35. The highest BCUT2D eigenvalue weighted by Gasteiger charge is 2.29. The smallest absolute Gasteiger partial charge is 0.161 e. The van der Waals surface area contributed by atoms with Gasteiger partial charge in [-0.05, 0) is 35.4 Å². The highest BCUT2D eigenvalue weighted by molar-refractivity contribution is 5.85. The highest BCUT2D eigenvalue weighted by atomic mass is 35.5. The number of nitrogens with one attached hydrogen (secondary N) is 3. The van der Waals surface area contributed by atoms with Crippen LogP contribution in [0.2, 0.25) is 0 Å². The van der Waals surface area contributed by atoms with Crippen molar-refractivity contribution < 1.29 is 9.47 Å². The molecule has 3 heterocycles. The normalized spacial score (nSPS) is 20.0. The van der Waals surface area contributed by atoms with Crippen LogP contribution in [0.4, 0.5) is 0 Å². The lowest BCUT2D eigenvalue weighted by molar-refractivity contribution is 0.171. The van der Waals surface area contributed by atoms with Gasteiger partial charge in [0.25, 0.3) is 0 Å². The molecule has 2 aliphatic heterocycles. The number of hydrogen-bond acceptors (Lipinski definition) is 6. The molecular weight excluding hydrogens is 402 g/mol. The van der Waals surface area contributed by atoms with E-state index in [1.165, 1.54) is 11.1 Å². The number of nitrogens with zero attached hydrogens (tertiary/aromatic N) is 2. The molecule has 2 unspecified atom stereocenters. The van der Waals surface area contributed by atoms with Crippen molar-refractivity contribution in [2.75, 3.05) is 26.3 Å². The van der Waals surface area contributed by atoms with Crippen molar-refractivity contribution in [2.24, 2.45) is 5.92 Å². The van der Waals surface area contributed by atoms with E-state index in [4.69, 9.17) is 9.47 Å². The molecule has 1 aromatic heterocycles. The van der Waals surface area contributed by atoms with Crippen LogP contribution in [0, 0.1) is 5.92 Å². The predicted octanol–water partition coefficient (Wildman–Crippen LogP) is 2.62. The number of hydrazine groups is 1. The molecule has 0 bridgehead atoms. The van der Waals surface area contributed by atoms with Gasteiger partial charge in [-0.15, -0.1) is 12.4 Å². The second-order valence-corrected chi connectivity index (χ2v) is 7.43. The Kier molecular flexibility index (Phi) is 6.54. The zero-order valence-electron chi connectivity index (χ0n) is 16.6. The molecule has 5 rings (SSSR count). The van der Waals surface area contributed by atoms with Crippen molar-refractivity contribution in [1.82, 2.24) is 25.7 Å². The SMILES string of the molecule is Cl.c1cn(-c2ccc(CNCC3CNNC3c3ccc4c(c3)OCCO4)cc2)cn1. The minimum absolute atomic E-state index is 0. The predicted molar refractivity (Wildman–Crippen MR) is 117 cm³/mol. The summed E-state index contributed by atoms with van der Waals surface area (Å²) < 4.78 is 13.4. The van der Waals surface area contributed by atoms with Crippen molar-refractivity contribution in [3.63, 3.8) is 0 Å². The monoisotopic (exact) mass is 427 g/mol. The van der Waals surface area contributed by atoms with Crippen LogP contribution in [-0.2, 0) is 6.54 Å². The first-order valence-corrected chi connectivity index (χ1v) is 10.0. The Balaban J connectivity index is 0.00000218. The molecule has 0 saturated carbocycles. The van der Waals surface area contributed by atoms with Crippen molar-refractivity contribution in [1.29, 1.82) is 0 Å². The molecule has 1 fully saturated rings. The zero-order valence-corrected chi connectivity index (χ0v) is 17.4. The average molecular weight is 428 g/mol. The fraction of sp³-hybridized carbons (Fsp3) is 0.318. The van der Waals surface area contributed by atoms with Gasteiger partial charge < -0.3 is 19.4 Å². The number of ether oxygens (including phenoxy) is 2. The molecule has 0 radical (unpaired) electrons. The molecule has 2 aliphatic rings. The number of benzene rings is 2. The lowest BCUT2D eigenvalue weighted by Gasteiger charge is -2.23. The van der Waals surface area contributed by atoms with Crippen LogP contribution in [0.25, 0.3) is 5.69 Å². The molecule has 30 heavy (non-hydrogen) atoms. The topological polar surface area (TPSA) is 72.4 Å². The summed E-state index contributed by atoms with van der Waals surface area (Å²) in [5, 5.41) is 3.60. The van der Waals surface area contributed by atoms with E-state index < -0.39 is 0 Å². The molecule has 3 N–H and O–H groups in total. The fourth-order valence-corrected chi connectivity index (χ4v) is 3.93. The second kappa shape index (κ2) is 9.49. The van der Waals surface area contributed by atoms with Gasteiger partial charge in [0.1, 0.15) is 13.2 Å². The molecule has 2 atom stereocenters. The molecule has 3 aromatic rings. The standard InChI is InChI=1S/C22H25N5O2.ClH/c1-4-19(27-8-7-23-15-27)5-2-16(1)12-24-13-18-14-25-26-22(18)17-3-6-20-21(11-17)29-10-9-28-20;/h1-8,11,15,18,22,24-26H,9-10,12-14H2;1H. The molecular formula is C22H26ClN5O2. The third-order valence-electron chi connectivity index (χ3n) is 5.49. The summed E-state index contributed by atoms with van der Waals surface area (Å²) in [7, 11) is 0. The van der Waals surface area contributed by atoms with Gasteiger partial charge in [0.2, 0.25) is 0 Å². The number of aromatic nitrogens is 2. The van der Waals surface area contributed by atoms with E-state index in [9.17, 15) is 0 Å². The summed E-state index contributed by atoms with van der Waals surface area (Å²) in [4.78, 5) is 4.09. The summed E-state index contributed by atoms with van der Waals surface area (Å²) in [5.74, 6) is 2.12. The number of halogens is 1. The summed E-state index contributed by atoms with van der Waals surface area (Å²) >= 11 is 0. The number of imidazole rings is 1. The van der Waals surface area contributed by atoms with E-state index in [0.717, 1.165) is 36.8 Å². The first kappa shape index (κ1) is 20.7. The van der Waals surface area contributed by atoms with E-state index >= 15 is 0 Å². The molecule has 0 aliphatic carbocycles. The molecule has 7 nitrogen and oxygen atoms in total. The Morgan fingerprint density at radius 1 is 1.07 bits per heavy atom. The van der Waals surface area contributed by atoms with Gasteiger partial charge in [-0.25, -0.2) is 10.4 Å². The second-order valence-electron chi connectivity index (χ2n) is 7.43. The van der Waals surface area contributed by atoms with Crippen molar-refractivity contribution in [2.45, 2.75) is 12.6 Å². The summed E-state index contributed by atoms with van der Waals surface area (Å²) in [6, 6.07) is 15.0. The lowest BCUT2D eigenvalue weighted by atomic mass is 9.94. The average Bonchev–Trinajstić information content (AvgIpc) is 3.46. The molecule has 2 aromatic carbocycles. The van der Waals surface area contributed by atoms with E-state index in [1.807, 2.05) is 23.2 Å². The molecule has 158 valence electrons. The Bertz CT molecular complexity index is 949. The zero-order chi connectivity index (χ0) is 19.5. The molecule has 0 spiro atoms. The van der Waals surface area contributed by atoms with Crippen LogP contribution in [0.3, 0.4) is 0 Å². The van der Waals surface area contributed by atoms with Crippen LogP contribution in [0.15, 0.2) is 61.2 Å². The van der Waals surface area contributed by atoms with Gasteiger partial charge in [0.05, 0.1) is 12.4 Å². The van der Waals surface area contributed by atoms with Crippen LogP contribution in [-0.4, -0.2) is 35.9 Å². The third kappa shape index (κ3) is 4.44. The Hall–Kier alpha value is -2.58. The quantitative estimate of drug-likeness (QED) is 0.561. The summed E-state index contributed by atoms with van der Waals surface area (Å²) in [5.41, 5.74) is 10.3. The van der Waals surface area contributed by atoms with E-state index in [1.54, 1.807) is 6.20 Å². The van der Waals surface area contributed by atoms with Gasteiger partial charge in [0, 0.05) is 43.6 Å². The van der Waals surface area contributed by atoms with E-state index in [0.29, 0.717) is 19.1 Å². The fourth-order valence-electron chi connectivity index (χ4n) is 3.93. The van der Waals surface area contributed by atoms with E-state index in [2.05, 4.69) is 57.6 Å². The lowest BCUT2D eigenvalue weighted by Crippen LogP contribution is -2.28. The maximum Gasteiger partial charge on any atom is 0.161 e. The molecule has 8 heteroatoms. The van der Waals surface area contributed by atoms with Gasteiger partial charge in [0.15, 0.2) is 11.5 Å². The van der Waals surface area contributed by atoms with Crippen LogP contribution >= 0.6 is 12.4 Å². The number of rotatable bonds is 6. The largest absolute Gasteiger partial charge is 0.486 e. The number of fused-ring (bicyclic) bond motifs is 1. The van der Waals surface area contributed by atoms with Crippen LogP contribution in [0.1, 0.15) is 17.2 Å². The van der Waals surface area contributed by atoms with Crippen molar-refractivity contribution >= 4 is 12.4 Å². The van der Waals surface area contributed by atoms with E-state index in [-0.39, 0.29) is 18.4 Å². The maximum absolute atomic E-state index is 5.74. The van der Waals surface area contributed by atoms with Crippen molar-refractivity contribution in [3.05, 3.63) is 72.3 Å². The maximum atomic E-state index is 5.74. The van der Waals surface area contributed by atoms with Gasteiger partial charge in [-0.3, -0.25) is 5.43 Å². The van der Waals surface area contributed by atoms with Crippen LogP contribution in [0.5, 0.6) is 11.5 Å². The Morgan fingerprint density at radius 2 is 1.90 bits per heavy atom. The van der Waals surface area contributed by atoms with Gasteiger partial charge >= 0.3 is 0 Å². The molecule has 1 saturated heterocycles. The van der Waals surface area contributed by atoms with Crippen LogP contribution < -0.4 is 25.6 Å². The minimum Gasteiger partial charge on any atom is -0.486 e. The summed E-state index contributed by atoms with van der Waals surface area (Å²) in [6.45, 7) is 3.91. The third-order valence-corrected chi connectivity index (χ3v) is 5.49. The Morgan fingerprint density at radius 3 is 2.70 bits per heavy atom. The summed E-state index contributed by atoms with van der Waals surface area (Å²) in [6.07, 6.45) is 5.55. The van der Waals surface area contributed by atoms with Gasteiger partial charge in [-0.2, -0.15) is 0 Å². The number of hydrogen-bond donors (Lipinski definition) is 3. The van der Waals surface area contributed by atoms with Gasteiger partial charge in [-0.1, -0.05) is 18.2 Å². The molecule has 0 amide bonds. The first-order chi connectivity index (χ1) is 14.4.